The lowest BCUT2D eigenvalue weighted by Gasteiger charge is -2.40. The van der Waals surface area contributed by atoms with E-state index in [1.165, 1.54) is 43.1 Å². The minimum absolute atomic E-state index is 0.212. The SMILES string of the molecule is Cc1ccc2cc(C(NN)C3(C)CCCCC3)ccc2n1. The van der Waals surface area contributed by atoms with Crippen LogP contribution < -0.4 is 11.3 Å². The fraction of sp³-hybridized carbons (Fsp3) is 0.500. The van der Waals surface area contributed by atoms with Crippen LogP contribution in [0.2, 0.25) is 0 Å². The molecule has 1 heterocycles. The van der Waals surface area contributed by atoms with Crippen LogP contribution in [0.15, 0.2) is 30.3 Å². The second-order valence-electron chi connectivity index (χ2n) is 6.72. The Bertz CT molecular complexity index is 629. The molecule has 1 unspecified atom stereocenters. The van der Waals surface area contributed by atoms with Crippen LogP contribution >= 0.6 is 0 Å². The van der Waals surface area contributed by atoms with Crippen LogP contribution in [0.25, 0.3) is 10.9 Å². The molecule has 1 fully saturated rings. The van der Waals surface area contributed by atoms with Crippen molar-refractivity contribution in [2.75, 3.05) is 0 Å². The molecule has 1 aromatic heterocycles. The van der Waals surface area contributed by atoms with Crippen LogP contribution in [-0.4, -0.2) is 4.98 Å². The first kappa shape index (κ1) is 14.5. The van der Waals surface area contributed by atoms with Gasteiger partial charge in [-0.15, -0.1) is 0 Å². The predicted octanol–water partition coefficient (Wildman–Crippen LogP) is 4.02. The number of aromatic nitrogens is 1. The Morgan fingerprint density at radius 2 is 1.90 bits per heavy atom. The van der Waals surface area contributed by atoms with E-state index in [1.807, 2.05) is 6.92 Å². The molecule has 112 valence electrons. The summed E-state index contributed by atoms with van der Waals surface area (Å²) in [6, 6.07) is 11.0. The lowest BCUT2D eigenvalue weighted by molar-refractivity contribution is 0.145. The molecule has 0 aliphatic heterocycles. The summed E-state index contributed by atoms with van der Waals surface area (Å²) in [5.74, 6) is 5.92. The van der Waals surface area contributed by atoms with Gasteiger partial charge in [-0.2, -0.15) is 0 Å². The largest absolute Gasteiger partial charge is 0.271 e. The van der Waals surface area contributed by atoms with E-state index in [9.17, 15) is 0 Å². The van der Waals surface area contributed by atoms with Gasteiger partial charge in [-0.25, -0.2) is 0 Å². The normalized spacial score (nSPS) is 19.6. The Balaban J connectivity index is 1.98. The van der Waals surface area contributed by atoms with Gasteiger partial charge in [-0.3, -0.25) is 16.3 Å². The smallest absolute Gasteiger partial charge is 0.0705 e. The number of aryl methyl sites for hydroxylation is 1. The Morgan fingerprint density at radius 3 is 2.62 bits per heavy atom. The summed E-state index contributed by atoms with van der Waals surface area (Å²) in [6.07, 6.45) is 6.46. The monoisotopic (exact) mass is 283 g/mol. The quantitative estimate of drug-likeness (QED) is 0.661. The molecule has 0 bridgehead atoms. The van der Waals surface area contributed by atoms with Crippen molar-refractivity contribution in [3.63, 3.8) is 0 Å². The molecular weight excluding hydrogens is 258 g/mol. The number of pyridine rings is 1. The summed E-state index contributed by atoms with van der Waals surface area (Å²) in [5, 5.41) is 1.19. The Morgan fingerprint density at radius 1 is 1.14 bits per heavy atom. The third kappa shape index (κ3) is 2.81. The minimum atomic E-state index is 0.212. The lowest BCUT2D eigenvalue weighted by Crippen LogP contribution is -2.41. The molecule has 3 heteroatoms. The Labute approximate surface area is 126 Å². The number of hydrazine groups is 1. The molecule has 0 saturated heterocycles. The molecule has 1 aromatic carbocycles. The highest BCUT2D eigenvalue weighted by Crippen LogP contribution is 2.45. The fourth-order valence-corrected chi connectivity index (χ4v) is 3.77. The molecule has 0 spiro atoms. The maximum absolute atomic E-state index is 5.92. The van der Waals surface area contributed by atoms with E-state index >= 15 is 0 Å². The van der Waals surface area contributed by atoms with Crippen molar-refractivity contribution in [1.82, 2.24) is 10.4 Å². The van der Waals surface area contributed by atoms with Gasteiger partial charge in [0.2, 0.25) is 0 Å². The maximum atomic E-state index is 5.92. The van der Waals surface area contributed by atoms with Crippen LogP contribution in [0.3, 0.4) is 0 Å². The average Bonchev–Trinajstić information content (AvgIpc) is 2.48. The number of nitrogens with one attached hydrogen (secondary N) is 1. The Kier molecular flexibility index (Phi) is 3.96. The standard InChI is InChI=1S/C18H25N3/c1-13-6-7-14-12-15(8-9-16(14)20-13)17(21-19)18(2)10-4-3-5-11-18/h6-9,12,17,21H,3-5,10-11,19H2,1-2H3. The van der Waals surface area contributed by atoms with Crippen molar-refractivity contribution in [2.45, 2.75) is 52.0 Å². The van der Waals surface area contributed by atoms with Gasteiger partial charge in [0.25, 0.3) is 0 Å². The van der Waals surface area contributed by atoms with E-state index in [-0.39, 0.29) is 11.5 Å². The summed E-state index contributed by atoms with van der Waals surface area (Å²) in [5.41, 5.74) is 6.73. The molecule has 1 atom stereocenters. The Hall–Kier alpha value is -1.45. The van der Waals surface area contributed by atoms with Crippen LogP contribution in [0.1, 0.15) is 56.3 Å². The van der Waals surface area contributed by atoms with Gasteiger partial charge in [0, 0.05) is 11.1 Å². The van der Waals surface area contributed by atoms with E-state index in [1.54, 1.807) is 0 Å². The van der Waals surface area contributed by atoms with E-state index in [4.69, 9.17) is 5.84 Å². The first-order valence-corrected chi connectivity index (χ1v) is 7.96. The fourth-order valence-electron chi connectivity index (χ4n) is 3.77. The number of nitrogens with zero attached hydrogens (tertiary/aromatic N) is 1. The van der Waals surface area contributed by atoms with Gasteiger partial charge in [0.05, 0.1) is 11.6 Å². The highest BCUT2D eigenvalue weighted by molar-refractivity contribution is 5.79. The van der Waals surface area contributed by atoms with Crippen molar-refractivity contribution >= 4 is 10.9 Å². The molecule has 0 radical (unpaired) electrons. The second-order valence-corrected chi connectivity index (χ2v) is 6.72. The van der Waals surface area contributed by atoms with E-state index in [0.29, 0.717) is 0 Å². The summed E-state index contributed by atoms with van der Waals surface area (Å²) in [4.78, 5) is 4.58. The summed E-state index contributed by atoms with van der Waals surface area (Å²) >= 11 is 0. The van der Waals surface area contributed by atoms with Crippen molar-refractivity contribution < 1.29 is 0 Å². The van der Waals surface area contributed by atoms with Crippen LogP contribution in [0.4, 0.5) is 0 Å². The molecule has 21 heavy (non-hydrogen) atoms. The molecule has 1 aliphatic rings. The average molecular weight is 283 g/mol. The zero-order valence-corrected chi connectivity index (χ0v) is 13.0. The van der Waals surface area contributed by atoms with E-state index < -0.39 is 0 Å². The molecule has 3 N–H and O–H groups in total. The van der Waals surface area contributed by atoms with Gasteiger partial charge in [-0.1, -0.05) is 38.3 Å². The first-order valence-electron chi connectivity index (χ1n) is 7.96. The molecule has 0 amide bonds. The molecule has 1 aliphatic carbocycles. The topological polar surface area (TPSA) is 50.9 Å². The zero-order valence-electron chi connectivity index (χ0n) is 13.0. The predicted molar refractivity (Wildman–Crippen MR) is 87.7 cm³/mol. The molecule has 2 aromatic rings. The number of benzene rings is 1. The number of rotatable bonds is 3. The molecule has 3 nitrogen and oxygen atoms in total. The van der Waals surface area contributed by atoms with Gasteiger partial charge in [0.1, 0.15) is 0 Å². The van der Waals surface area contributed by atoms with Crippen LogP contribution in [0.5, 0.6) is 0 Å². The first-order chi connectivity index (χ1) is 10.1. The van der Waals surface area contributed by atoms with Gasteiger partial charge in [0.15, 0.2) is 0 Å². The van der Waals surface area contributed by atoms with E-state index in [2.05, 4.69) is 47.7 Å². The number of hydrogen-bond donors (Lipinski definition) is 2. The van der Waals surface area contributed by atoms with Crippen molar-refractivity contribution in [2.24, 2.45) is 11.3 Å². The second kappa shape index (κ2) is 5.74. The molecule has 3 rings (SSSR count). The molecule has 1 saturated carbocycles. The van der Waals surface area contributed by atoms with E-state index in [0.717, 1.165) is 11.2 Å². The minimum Gasteiger partial charge on any atom is -0.271 e. The number of nitrogens with two attached hydrogens (primary N) is 1. The number of fused-ring (bicyclic) bond motifs is 1. The maximum Gasteiger partial charge on any atom is 0.0705 e. The highest BCUT2D eigenvalue weighted by atomic mass is 15.2. The van der Waals surface area contributed by atoms with Gasteiger partial charge < -0.3 is 0 Å². The lowest BCUT2D eigenvalue weighted by atomic mass is 9.69. The van der Waals surface area contributed by atoms with Crippen LogP contribution in [0, 0.1) is 12.3 Å². The van der Waals surface area contributed by atoms with Crippen molar-refractivity contribution in [3.8, 4) is 0 Å². The third-order valence-corrected chi connectivity index (χ3v) is 5.05. The zero-order chi connectivity index (χ0) is 14.9. The summed E-state index contributed by atoms with van der Waals surface area (Å²) in [6.45, 7) is 4.40. The van der Waals surface area contributed by atoms with Gasteiger partial charge in [-0.05, 0) is 48.9 Å². The summed E-state index contributed by atoms with van der Waals surface area (Å²) in [7, 11) is 0. The summed E-state index contributed by atoms with van der Waals surface area (Å²) < 4.78 is 0. The molecular formula is C18H25N3. The number of hydrogen-bond acceptors (Lipinski definition) is 3. The van der Waals surface area contributed by atoms with Crippen molar-refractivity contribution in [3.05, 3.63) is 41.6 Å². The van der Waals surface area contributed by atoms with Gasteiger partial charge >= 0.3 is 0 Å². The van der Waals surface area contributed by atoms with Crippen molar-refractivity contribution in [1.29, 1.82) is 0 Å². The highest BCUT2D eigenvalue weighted by Gasteiger charge is 2.35. The third-order valence-electron chi connectivity index (χ3n) is 5.05. The van der Waals surface area contributed by atoms with Crippen LogP contribution in [-0.2, 0) is 0 Å².